The van der Waals surface area contributed by atoms with Gasteiger partial charge >= 0.3 is 5.97 Å². The fourth-order valence-electron chi connectivity index (χ4n) is 0.977. The molecule has 3 nitrogen and oxygen atoms in total. The number of carboxylic acid groups (broad SMARTS) is 1. The Morgan fingerprint density at radius 2 is 2.29 bits per heavy atom. The molecule has 1 rings (SSSR count). The van der Waals surface area contributed by atoms with Crippen molar-refractivity contribution in [3.05, 3.63) is 34.9 Å². The van der Waals surface area contributed by atoms with Crippen molar-refractivity contribution in [3.63, 3.8) is 0 Å². The first-order valence-electron chi connectivity index (χ1n) is 4.03. The van der Waals surface area contributed by atoms with Gasteiger partial charge in [-0.15, -0.1) is 0 Å². The van der Waals surface area contributed by atoms with Crippen LogP contribution in [0.25, 0.3) is 6.08 Å². The molecule has 0 radical (unpaired) electrons. The number of rotatable bonds is 3. The van der Waals surface area contributed by atoms with Gasteiger partial charge in [0, 0.05) is 10.7 Å². The minimum atomic E-state index is -0.874. The number of hydrogen-bond donors (Lipinski definition) is 2. The standard InChI is InChI=1S/C10H10ClNO2/c11-9-5-4-8(12)6-7(9)2-1-3-10(13)14/h1-2,4-6H,3,12H2,(H,13,14). The summed E-state index contributed by atoms with van der Waals surface area (Å²) in [4.78, 5) is 10.2. The average molecular weight is 212 g/mol. The zero-order valence-corrected chi connectivity index (χ0v) is 8.16. The number of anilines is 1. The Balaban J connectivity index is 2.80. The second-order valence-corrected chi connectivity index (χ2v) is 3.19. The Morgan fingerprint density at radius 3 is 2.93 bits per heavy atom. The zero-order valence-electron chi connectivity index (χ0n) is 7.40. The van der Waals surface area contributed by atoms with Gasteiger partial charge in [0.15, 0.2) is 0 Å². The molecule has 0 amide bonds. The van der Waals surface area contributed by atoms with Gasteiger partial charge in [0.25, 0.3) is 0 Å². The molecule has 0 fully saturated rings. The molecular weight excluding hydrogens is 202 g/mol. The maximum atomic E-state index is 10.2. The number of aliphatic carboxylic acids is 1. The predicted octanol–water partition coefficient (Wildman–Crippen LogP) is 2.41. The monoisotopic (exact) mass is 211 g/mol. The van der Waals surface area contributed by atoms with Gasteiger partial charge in [-0.25, -0.2) is 0 Å². The van der Waals surface area contributed by atoms with Crippen LogP contribution in [0.15, 0.2) is 24.3 Å². The van der Waals surface area contributed by atoms with Crippen LogP contribution in [0.2, 0.25) is 5.02 Å². The van der Waals surface area contributed by atoms with E-state index in [1.54, 1.807) is 24.3 Å². The summed E-state index contributed by atoms with van der Waals surface area (Å²) in [6.45, 7) is 0. The lowest BCUT2D eigenvalue weighted by Gasteiger charge is -1.99. The van der Waals surface area contributed by atoms with E-state index in [-0.39, 0.29) is 6.42 Å². The molecule has 3 N–H and O–H groups in total. The third kappa shape index (κ3) is 3.11. The maximum Gasteiger partial charge on any atom is 0.307 e. The number of carboxylic acids is 1. The Bertz CT molecular complexity index is 374. The van der Waals surface area contributed by atoms with E-state index in [0.717, 1.165) is 5.56 Å². The molecule has 0 aliphatic carbocycles. The van der Waals surface area contributed by atoms with Crippen molar-refractivity contribution in [3.8, 4) is 0 Å². The molecule has 0 spiro atoms. The number of carbonyl (C=O) groups is 1. The Morgan fingerprint density at radius 1 is 1.57 bits per heavy atom. The maximum absolute atomic E-state index is 10.2. The van der Waals surface area contributed by atoms with Crippen LogP contribution >= 0.6 is 11.6 Å². The molecule has 0 saturated heterocycles. The summed E-state index contributed by atoms with van der Waals surface area (Å²) in [6, 6.07) is 5.06. The second-order valence-electron chi connectivity index (χ2n) is 2.78. The second kappa shape index (κ2) is 4.67. The number of nitrogens with two attached hydrogens (primary N) is 1. The molecule has 14 heavy (non-hydrogen) atoms. The first-order chi connectivity index (χ1) is 6.59. The molecule has 74 valence electrons. The minimum Gasteiger partial charge on any atom is -0.481 e. The first-order valence-corrected chi connectivity index (χ1v) is 4.41. The Labute approximate surface area is 86.8 Å². The van der Waals surface area contributed by atoms with Gasteiger partial charge in [-0.2, -0.15) is 0 Å². The van der Waals surface area contributed by atoms with Crippen LogP contribution in [0.4, 0.5) is 5.69 Å². The van der Waals surface area contributed by atoms with Crippen molar-refractivity contribution in [1.82, 2.24) is 0 Å². The number of benzene rings is 1. The Hall–Kier alpha value is -1.48. The molecule has 0 atom stereocenters. The van der Waals surface area contributed by atoms with Gasteiger partial charge in [0.2, 0.25) is 0 Å². The molecule has 1 aromatic carbocycles. The van der Waals surface area contributed by atoms with E-state index in [1.165, 1.54) is 6.08 Å². The summed E-state index contributed by atoms with van der Waals surface area (Å²) in [7, 11) is 0. The SMILES string of the molecule is Nc1ccc(Cl)c(C=CCC(=O)O)c1. The third-order valence-corrected chi connectivity index (χ3v) is 1.95. The summed E-state index contributed by atoms with van der Waals surface area (Å²) in [5.41, 5.74) is 6.88. The van der Waals surface area contributed by atoms with E-state index in [9.17, 15) is 4.79 Å². The predicted molar refractivity (Wildman–Crippen MR) is 57.2 cm³/mol. The summed E-state index contributed by atoms with van der Waals surface area (Å²) in [5.74, 6) is -0.874. The normalized spacial score (nSPS) is 10.6. The van der Waals surface area contributed by atoms with E-state index in [2.05, 4.69) is 0 Å². The van der Waals surface area contributed by atoms with E-state index >= 15 is 0 Å². The fourth-order valence-corrected chi connectivity index (χ4v) is 1.16. The topological polar surface area (TPSA) is 63.3 Å². The van der Waals surface area contributed by atoms with Crippen LogP contribution in [0.5, 0.6) is 0 Å². The molecule has 0 aromatic heterocycles. The third-order valence-electron chi connectivity index (χ3n) is 1.61. The zero-order chi connectivity index (χ0) is 10.6. The highest BCUT2D eigenvalue weighted by Gasteiger charge is 1.97. The number of hydrogen-bond acceptors (Lipinski definition) is 2. The van der Waals surface area contributed by atoms with E-state index in [4.69, 9.17) is 22.4 Å². The van der Waals surface area contributed by atoms with Crippen LogP contribution in [0.3, 0.4) is 0 Å². The van der Waals surface area contributed by atoms with Crippen molar-refractivity contribution in [2.24, 2.45) is 0 Å². The quantitative estimate of drug-likeness (QED) is 0.755. The van der Waals surface area contributed by atoms with Crippen LogP contribution < -0.4 is 5.73 Å². The summed E-state index contributed by atoms with van der Waals surface area (Å²) >= 11 is 5.86. The van der Waals surface area contributed by atoms with Gasteiger partial charge in [-0.05, 0) is 23.8 Å². The highest BCUT2D eigenvalue weighted by molar-refractivity contribution is 6.32. The molecule has 0 unspecified atom stereocenters. The van der Waals surface area contributed by atoms with E-state index in [0.29, 0.717) is 10.7 Å². The first kappa shape index (κ1) is 10.6. The summed E-state index contributed by atoms with van der Waals surface area (Å²) < 4.78 is 0. The lowest BCUT2D eigenvalue weighted by atomic mass is 10.2. The van der Waals surface area contributed by atoms with Gasteiger partial charge < -0.3 is 10.8 Å². The van der Waals surface area contributed by atoms with Crippen molar-refractivity contribution < 1.29 is 9.90 Å². The van der Waals surface area contributed by atoms with E-state index in [1.807, 2.05) is 0 Å². The molecule has 4 heteroatoms. The van der Waals surface area contributed by atoms with Gasteiger partial charge in [-0.3, -0.25) is 4.79 Å². The Kier molecular flexibility index (Phi) is 3.54. The molecule has 0 heterocycles. The number of halogens is 1. The van der Waals surface area contributed by atoms with Gasteiger partial charge in [0.05, 0.1) is 6.42 Å². The van der Waals surface area contributed by atoms with Crippen molar-refractivity contribution in [2.75, 3.05) is 5.73 Å². The van der Waals surface area contributed by atoms with Crippen molar-refractivity contribution in [2.45, 2.75) is 6.42 Å². The van der Waals surface area contributed by atoms with Gasteiger partial charge in [0.1, 0.15) is 0 Å². The smallest absolute Gasteiger partial charge is 0.307 e. The molecular formula is C10H10ClNO2. The molecule has 0 aliphatic heterocycles. The highest BCUT2D eigenvalue weighted by atomic mass is 35.5. The highest BCUT2D eigenvalue weighted by Crippen LogP contribution is 2.20. The molecule has 0 saturated carbocycles. The number of nitrogen functional groups attached to an aromatic ring is 1. The lowest BCUT2D eigenvalue weighted by molar-refractivity contribution is -0.135. The fraction of sp³-hybridized carbons (Fsp3) is 0.100. The summed E-state index contributed by atoms with van der Waals surface area (Å²) in [5, 5.41) is 8.96. The molecule has 0 aliphatic rings. The van der Waals surface area contributed by atoms with Crippen molar-refractivity contribution >= 4 is 29.3 Å². The van der Waals surface area contributed by atoms with Crippen molar-refractivity contribution in [1.29, 1.82) is 0 Å². The van der Waals surface area contributed by atoms with Crippen LogP contribution in [-0.4, -0.2) is 11.1 Å². The lowest BCUT2D eigenvalue weighted by Crippen LogP contribution is -1.90. The largest absolute Gasteiger partial charge is 0.481 e. The minimum absolute atomic E-state index is 0.0227. The molecule has 0 bridgehead atoms. The van der Waals surface area contributed by atoms with Crippen LogP contribution in [0, 0.1) is 0 Å². The average Bonchev–Trinajstić information content (AvgIpc) is 2.10. The van der Waals surface area contributed by atoms with Crippen LogP contribution in [-0.2, 0) is 4.79 Å². The molecule has 1 aromatic rings. The summed E-state index contributed by atoms with van der Waals surface area (Å²) in [6.07, 6.45) is 3.15. The van der Waals surface area contributed by atoms with Gasteiger partial charge in [-0.1, -0.05) is 23.8 Å². The van der Waals surface area contributed by atoms with Crippen LogP contribution in [0.1, 0.15) is 12.0 Å². The van der Waals surface area contributed by atoms with E-state index < -0.39 is 5.97 Å².